The first-order chi connectivity index (χ1) is 15.7. The number of rotatable bonds is 3. The van der Waals surface area contributed by atoms with Gasteiger partial charge in [0.25, 0.3) is 11.8 Å². The highest BCUT2D eigenvalue weighted by Gasteiger charge is 2.63. The molecule has 1 unspecified atom stereocenters. The van der Waals surface area contributed by atoms with Gasteiger partial charge in [-0.05, 0) is 55.8 Å². The second-order valence-corrected chi connectivity index (χ2v) is 11.3. The van der Waals surface area contributed by atoms with E-state index in [9.17, 15) is 14.0 Å². The summed E-state index contributed by atoms with van der Waals surface area (Å²) in [4.78, 5) is 29.9. The second kappa shape index (κ2) is 7.89. The first-order valence-corrected chi connectivity index (χ1v) is 11.8. The number of amides is 2. The van der Waals surface area contributed by atoms with Gasteiger partial charge in [-0.2, -0.15) is 0 Å². The number of fused-ring (bicyclic) bond motifs is 2. The van der Waals surface area contributed by atoms with Crippen molar-refractivity contribution >= 4 is 40.9 Å². The van der Waals surface area contributed by atoms with E-state index in [1.54, 1.807) is 28.0 Å². The maximum Gasteiger partial charge on any atom is 0.268 e. The van der Waals surface area contributed by atoms with Crippen molar-refractivity contribution in [2.45, 2.75) is 30.0 Å². The van der Waals surface area contributed by atoms with Crippen LogP contribution in [-0.2, 0) is 16.2 Å². The molecule has 0 radical (unpaired) electrons. The maximum atomic E-state index is 14.2. The molecule has 7 heteroatoms. The van der Waals surface area contributed by atoms with Gasteiger partial charge in [-0.25, -0.2) is 4.39 Å². The van der Waals surface area contributed by atoms with E-state index >= 15 is 0 Å². The zero-order chi connectivity index (χ0) is 23.4. The Morgan fingerprint density at radius 1 is 1.06 bits per heavy atom. The fourth-order valence-electron chi connectivity index (χ4n) is 4.68. The molecular formula is C26H22ClFN2O2S. The number of carbonyl (C=O) groups is 2. The van der Waals surface area contributed by atoms with Crippen LogP contribution in [0.1, 0.15) is 35.3 Å². The van der Waals surface area contributed by atoms with Crippen molar-refractivity contribution in [3.63, 3.8) is 0 Å². The average Bonchev–Trinajstić information content (AvgIpc) is 3.20. The Hall–Kier alpha value is -2.83. The molecular weight excluding hydrogens is 459 g/mol. The maximum absolute atomic E-state index is 14.2. The number of anilines is 1. The monoisotopic (exact) mass is 480 g/mol. The normalized spacial score (nSPS) is 21.0. The van der Waals surface area contributed by atoms with Crippen molar-refractivity contribution in [1.29, 1.82) is 0 Å². The standard InChI is InChI=1S/C26H22ClFN2O2S/c1-25(2)16-30(23(31)18-9-6-10-20(28)13-18)26(33-25)21-14-19(27)11-12-22(21)29(24(26)32)15-17-7-4-3-5-8-17/h3-14H,15-16H2,1-2H3. The minimum atomic E-state index is -1.28. The molecule has 0 N–H and O–H groups in total. The van der Waals surface area contributed by atoms with Crippen LogP contribution in [0.2, 0.25) is 5.02 Å². The summed E-state index contributed by atoms with van der Waals surface area (Å²) < 4.78 is 13.5. The predicted molar refractivity (Wildman–Crippen MR) is 130 cm³/mol. The number of carbonyl (C=O) groups excluding carboxylic acids is 2. The second-order valence-electron chi connectivity index (χ2n) is 8.95. The third-order valence-corrected chi connectivity index (χ3v) is 7.82. The van der Waals surface area contributed by atoms with E-state index in [1.165, 1.54) is 30.0 Å². The quantitative estimate of drug-likeness (QED) is 0.472. The Balaban J connectivity index is 1.66. The van der Waals surface area contributed by atoms with E-state index < -0.39 is 15.4 Å². The highest BCUT2D eigenvalue weighted by Crippen LogP contribution is 2.60. The minimum Gasteiger partial charge on any atom is -0.310 e. The van der Waals surface area contributed by atoms with Crippen molar-refractivity contribution in [3.8, 4) is 0 Å². The number of thioether (sulfide) groups is 1. The molecule has 2 aliphatic rings. The lowest BCUT2D eigenvalue weighted by molar-refractivity contribution is -0.123. The topological polar surface area (TPSA) is 40.6 Å². The molecule has 0 saturated carbocycles. The summed E-state index contributed by atoms with van der Waals surface area (Å²) in [5.74, 6) is -1.06. The third-order valence-electron chi connectivity index (χ3n) is 5.99. The van der Waals surface area contributed by atoms with E-state index in [-0.39, 0.29) is 17.4 Å². The Kier molecular flexibility index (Phi) is 5.26. The molecule has 168 valence electrons. The number of benzene rings is 3. The molecule has 33 heavy (non-hydrogen) atoms. The molecule has 1 fully saturated rings. The van der Waals surface area contributed by atoms with Crippen molar-refractivity contribution in [2.24, 2.45) is 0 Å². The van der Waals surface area contributed by atoms with Crippen LogP contribution in [0.25, 0.3) is 0 Å². The molecule has 3 aromatic carbocycles. The van der Waals surface area contributed by atoms with Gasteiger partial charge in [-0.15, -0.1) is 11.8 Å². The van der Waals surface area contributed by atoms with Crippen LogP contribution in [0.5, 0.6) is 0 Å². The molecule has 2 aliphatic heterocycles. The summed E-state index contributed by atoms with van der Waals surface area (Å²) in [6.45, 7) is 4.73. The lowest BCUT2D eigenvalue weighted by atomic mass is 10.0. The summed E-state index contributed by atoms with van der Waals surface area (Å²) in [6.07, 6.45) is 0. The Morgan fingerprint density at radius 3 is 2.55 bits per heavy atom. The van der Waals surface area contributed by atoms with E-state index in [0.29, 0.717) is 23.7 Å². The van der Waals surface area contributed by atoms with Gasteiger partial charge in [0.1, 0.15) is 5.82 Å². The first-order valence-electron chi connectivity index (χ1n) is 10.6. The molecule has 2 heterocycles. The lowest BCUT2D eigenvalue weighted by Gasteiger charge is -2.33. The molecule has 1 spiro atoms. The van der Waals surface area contributed by atoms with Gasteiger partial charge in [0, 0.05) is 27.4 Å². The molecule has 0 aromatic heterocycles. The van der Waals surface area contributed by atoms with Crippen LogP contribution in [0, 0.1) is 5.82 Å². The molecule has 4 nitrogen and oxygen atoms in total. The zero-order valence-corrected chi connectivity index (χ0v) is 19.8. The molecule has 3 aromatic rings. The smallest absolute Gasteiger partial charge is 0.268 e. The predicted octanol–water partition coefficient (Wildman–Crippen LogP) is 5.85. The van der Waals surface area contributed by atoms with E-state index in [0.717, 1.165) is 11.3 Å². The molecule has 0 aliphatic carbocycles. The molecule has 2 amide bonds. The molecule has 1 saturated heterocycles. The summed E-state index contributed by atoms with van der Waals surface area (Å²) in [7, 11) is 0. The van der Waals surface area contributed by atoms with Gasteiger partial charge in [0.2, 0.25) is 0 Å². The molecule has 1 atom stereocenters. The number of hydrogen-bond donors (Lipinski definition) is 0. The van der Waals surface area contributed by atoms with Crippen molar-refractivity contribution in [2.75, 3.05) is 11.4 Å². The number of halogens is 2. The van der Waals surface area contributed by atoms with E-state index in [4.69, 9.17) is 11.6 Å². The zero-order valence-electron chi connectivity index (χ0n) is 18.2. The summed E-state index contributed by atoms with van der Waals surface area (Å²) in [6, 6.07) is 20.7. The van der Waals surface area contributed by atoms with Crippen LogP contribution in [0.4, 0.5) is 10.1 Å². The first kappa shape index (κ1) is 22.0. The van der Waals surface area contributed by atoms with Crippen molar-refractivity contribution < 1.29 is 14.0 Å². The third kappa shape index (κ3) is 3.62. The minimum absolute atomic E-state index is 0.191. The lowest BCUT2D eigenvalue weighted by Crippen LogP contribution is -2.50. The van der Waals surface area contributed by atoms with Crippen LogP contribution < -0.4 is 4.90 Å². The van der Waals surface area contributed by atoms with Crippen molar-refractivity contribution in [1.82, 2.24) is 4.90 Å². The largest absolute Gasteiger partial charge is 0.310 e. The Labute approximate surface area is 201 Å². The van der Waals surface area contributed by atoms with Crippen LogP contribution in [-0.4, -0.2) is 28.0 Å². The van der Waals surface area contributed by atoms with E-state index in [2.05, 4.69) is 0 Å². The van der Waals surface area contributed by atoms with Crippen LogP contribution in [0.3, 0.4) is 0 Å². The Bertz CT molecular complexity index is 1270. The van der Waals surface area contributed by atoms with E-state index in [1.807, 2.05) is 50.2 Å². The van der Waals surface area contributed by atoms with Gasteiger partial charge in [0.15, 0.2) is 4.87 Å². The van der Waals surface area contributed by atoms with Crippen LogP contribution >= 0.6 is 23.4 Å². The highest BCUT2D eigenvalue weighted by molar-refractivity contribution is 8.02. The number of nitrogens with zero attached hydrogens (tertiary/aromatic N) is 2. The fourth-order valence-corrected chi connectivity index (χ4v) is 6.57. The van der Waals surface area contributed by atoms with Gasteiger partial charge >= 0.3 is 0 Å². The average molecular weight is 481 g/mol. The van der Waals surface area contributed by atoms with Crippen LogP contribution in [0.15, 0.2) is 72.8 Å². The summed E-state index contributed by atoms with van der Waals surface area (Å²) >= 11 is 7.83. The SMILES string of the molecule is CC1(C)CN(C(=O)c2cccc(F)c2)C2(S1)C(=O)N(Cc1ccccc1)c1ccc(Cl)cc12. The van der Waals surface area contributed by atoms with Gasteiger partial charge in [-0.1, -0.05) is 48.0 Å². The fraction of sp³-hybridized carbons (Fsp3) is 0.231. The van der Waals surface area contributed by atoms with Gasteiger partial charge in [0.05, 0.1) is 12.2 Å². The Morgan fingerprint density at radius 2 is 1.82 bits per heavy atom. The molecule has 0 bridgehead atoms. The number of hydrogen-bond acceptors (Lipinski definition) is 3. The summed E-state index contributed by atoms with van der Waals surface area (Å²) in [5.41, 5.74) is 2.62. The van der Waals surface area contributed by atoms with Gasteiger partial charge in [-0.3, -0.25) is 9.59 Å². The van der Waals surface area contributed by atoms with Gasteiger partial charge < -0.3 is 9.80 Å². The molecule has 5 rings (SSSR count). The van der Waals surface area contributed by atoms with Crippen molar-refractivity contribution in [3.05, 3.63) is 100 Å². The highest BCUT2D eigenvalue weighted by atomic mass is 35.5. The summed E-state index contributed by atoms with van der Waals surface area (Å²) in [5, 5.41) is 0.492.